The number of phenolic OH excluding ortho intramolecular Hbond substituents is 1. The van der Waals surface area contributed by atoms with E-state index in [4.69, 9.17) is 4.74 Å². The maximum atomic E-state index is 10.1. The smallest absolute Gasteiger partial charge is 0.194 e. The van der Waals surface area contributed by atoms with Gasteiger partial charge in [-0.1, -0.05) is 24.3 Å². The number of nitrogens with one attached hydrogen (secondary N) is 1. The van der Waals surface area contributed by atoms with Crippen molar-refractivity contribution in [1.82, 2.24) is 10.2 Å². The molecule has 0 aliphatic carbocycles. The lowest BCUT2D eigenvalue weighted by Gasteiger charge is -2.37. The van der Waals surface area contributed by atoms with Gasteiger partial charge in [0, 0.05) is 39.8 Å². The van der Waals surface area contributed by atoms with Gasteiger partial charge in [0.2, 0.25) is 0 Å². The molecular formula is C21H28N4O2. The van der Waals surface area contributed by atoms with Crippen LogP contribution in [0.2, 0.25) is 0 Å². The molecule has 0 radical (unpaired) electrons. The van der Waals surface area contributed by atoms with Crippen molar-refractivity contribution >= 4 is 11.6 Å². The zero-order valence-electron chi connectivity index (χ0n) is 16.3. The average Bonchev–Trinajstić information content (AvgIpc) is 2.69. The summed E-state index contributed by atoms with van der Waals surface area (Å²) in [6.07, 6.45) is 0. The molecule has 0 saturated carbocycles. The van der Waals surface area contributed by atoms with Crippen molar-refractivity contribution in [3.63, 3.8) is 0 Å². The number of anilines is 1. The molecule has 0 amide bonds. The predicted octanol–water partition coefficient (Wildman–Crippen LogP) is 2.61. The van der Waals surface area contributed by atoms with Gasteiger partial charge in [-0.2, -0.15) is 0 Å². The van der Waals surface area contributed by atoms with Crippen LogP contribution in [-0.2, 0) is 6.54 Å². The Labute approximate surface area is 161 Å². The summed E-state index contributed by atoms with van der Waals surface area (Å²) in [5.74, 6) is 2.15. The van der Waals surface area contributed by atoms with E-state index < -0.39 is 0 Å². The number of hydrogen-bond acceptors (Lipinski definition) is 4. The van der Waals surface area contributed by atoms with Crippen molar-refractivity contribution in [2.75, 3.05) is 45.2 Å². The lowest BCUT2D eigenvalue weighted by atomic mass is 10.1. The lowest BCUT2D eigenvalue weighted by molar-refractivity contribution is 0.369. The molecule has 0 spiro atoms. The highest BCUT2D eigenvalue weighted by molar-refractivity contribution is 5.80. The van der Waals surface area contributed by atoms with Crippen molar-refractivity contribution < 1.29 is 9.84 Å². The Kier molecular flexibility index (Phi) is 6.06. The topological polar surface area (TPSA) is 60.3 Å². The Balaban J connectivity index is 1.56. The molecule has 0 aromatic heterocycles. The third-order valence-electron chi connectivity index (χ3n) is 4.92. The zero-order valence-corrected chi connectivity index (χ0v) is 16.3. The molecule has 0 bridgehead atoms. The van der Waals surface area contributed by atoms with Gasteiger partial charge in [-0.15, -0.1) is 0 Å². The first kappa shape index (κ1) is 18.9. The first-order valence-corrected chi connectivity index (χ1v) is 9.24. The number of hydrogen-bond donors (Lipinski definition) is 2. The molecule has 0 unspecified atom stereocenters. The summed E-state index contributed by atoms with van der Waals surface area (Å²) >= 11 is 0. The Bertz CT molecular complexity index is 799. The van der Waals surface area contributed by atoms with Crippen LogP contribution in [0.5, 0.6) is 11.5 Å². The van der Waals surface area contributed by atoms with Crippen LogP contribution < -0.4 is 15.0 Å². The van der Waals surface area contributed by atoms with Gasteiger partial charge in [-0.05, 0) is 36.2 Å². The van der Waals surface area contributed by atoms with E-state index in [2.05, 4.69) is 39.2 Å². The molecule has 1 heterocycles. The number of aromatic hydroxyl groups is 1. The summed E-state index contributed by atoms with van der Waals surface area (Å²) in [5, 5.41) is 13.5. The summed E-state index contributed by atoms with van der Waals surface area (Å²) in [5.41, 5.74) is 3.22. The van der Waals surface area contributed by atoms with E-state index in [0.29, 0.717) is 5.75 Å². The molecular weight excluding hydrogens is 340 g/mol. The second-order valence-corrected chi connectivity index (χ2v) is 6.67. The highest BCUT2D eigenvalue weighted by Gasteiger charge is 2.21. The fourth-order valence-electron chi connectivity index (χ4n) is 3.45. The number of benzene rings is 2. The first-order valence-electron chi connectivity index (χ1n) is 9.24. The van der Waals surface area contributed by atoms with Crippen molar-refractivity contribution in [1.29, 1.82) is 0 Å². The fraction of sp³-hybridized carbons (Fsp3) is 0.381. The van der Waals surface area contributed by atoms with Gasteiger partial charge in [0.25, 0.3) is 0 Å². The van der Waals surface area contributed by atoms with Crippen LogP contribution in [0.3, 0.4) is 0 Å². The number of para-hydroxylation sites is 2. The molecule has 1 fully saturated rings. The van der Waals surface area contributed by atoms with Gasteiger partial charge < -0.3 is 25.0 Å². The molecule has 2 aromatic carbocycles. The van der Waals surface area contributed by atoms with Gasteiger partial charge >= 0.3 is 0 Å². The van der Waals surface area contributed by atoms with E-state index in [9.17, 15) is 5.11 Å². The van der Waals surface area contributed by atoms with E-state index in [1.807, 2.05) is 31.3 Å². The SMILES string of the molecule is CN=C(NCc1ccc(OC)c(C)c1)N1CCN(c2ccccc2O)CC1. The third kappa shape index (κ3) is 4.45. The number of ether oxygens (including phenoxy) is 1. The maximum Gasteiger partial charge on any atom is 0.194 e. The van der Waals surface area contributed by atoms with Gasteiger partial charge in [-0.3, -0.25) is 4.99 Å². The summed E-state index contributed by atoms with van der Waals surface area (Å²) < 4.78 is 5.32. The van der Waals surface area contributed by atoms with Crippen molar-refractivity contribution in [2.24, 2.45) is 4.99 Å². The molecule has 6 nitrogen and oxygen atoms in total. The second-order valence-electron chi connectivity index (χ2n) is 6.67. The highest BCUT2D eigenvalue weighted by Crippen LogP contribution is 2.27. The minimum absolute atomic E-state index is 0.336. The predicted molar refractivity (Wildman–Crippen MR) is 110 cm³/mol. The standard InChI is InChI=1S/C21H28N4O2/c1-16-14-17(8-9-20(16)27-3)15-23-21(22-2)25-12-10-24(11-13-25)18-6-4-5-7-19(18)26/h4-9,14,26H,10-13,15H2,1-3H3,(H,22,23). The molecule has 144 valence electrons. The van der Waals surface area contributed by atoms with Crippen molar-refractivity contribution in [3.8, 4) is 11.5 Å². The van der Waals surface area contributed by atoms with Crippen LogP contribution in [-0.4, -0.2) is 56.3 Å². The molecule has 3 rings (SSSR count). The van der Waals surface area contributed by atoms with E-state index in [-0.39, 0.29) is 0 Å². The fourth-order valence-corrected chi connectivity index (χ4v) is 3.45. The number of rotatable bonds is 4. The van der Waals surface area contributed by atoms with E-state index >= 15 is 0 Å². The van der Waals surface area contributed by atoms with Crippen LogP contribution in [0.4, 0.5) is 5.69 Å². The van der Waals surface area contributed by atoms with Gasteiger partial charge in [-0.25, -0.2) is 0 Å². The monoisotopic (exact) mass is 368 g/mol. The zero-order chi connectivity index (χ0) is 19.2. The van der Waals surface area contributed by atoms with Crippen LogP contribution in [0.15, 0.2) is 47.5 Å². The Morgan fingerprint density at radius 3 is 2.52 bits per heavy atom. The minimum Gasteiger partial charge on any atom is -0.506 e. The summed E-state index contributed by atoms with van der Waals surface area (Å²) in [7, 11) is 3.51. The summed E-state index contributed by atoms with van der Waals surface area (Å²) in [6.45, 7) is 6.18. The largest absolute Gasteiger partial charge is 0.506 e. The molecule has 27 heavy (non-hydrogen) atoms. The van der Waals surface area contributed by atoms with E-state index in [0.717, 1.165) is 55.7 Å². The third-order valence-corrected chi connectivity index (χ3v) is 4.92. The number of methoxy groups -OCH3 is 1. The van der Waals surface area contributed by atoms with Crippen molar-refractivity contribution in [3.05, 3.63) is 53.6 Å². The normalized spacial score (nSPS) is 15.0. The molecule has 6 heteroatoms. The number of nitrogens with zero attached hydrogens (tertiary/aromatic N) is 3. The van der Waals surface area contributed by atoms with Crippen molar-refractivity contribution in [2.45, 2.75) is 13.5 Å². The number of aliphatic imine (C=N–C) groups is 1. The van der Waals surface area contributed by atoms with Gasteiger partial charge in [0.15, 0.2) is 5.96 Å². The lowest BCUT2D eigenvalue weighted by Crippen LogP contribution is -2.52. The second kappa shape index (κ2) is 8.66. The molecule has 1 aliphatic heterocycles. The molecule has 2 N–H and O–H groups in total. The molecule has 2 aromatic rings. The number of aryl methyl sites for hydroxylation is 1. The van der Waals surface area contributed by atoms with Crippen LogP contribution >= 0.6 is 0 Å². The molecule has 1 aliphatic rings. The quantitative estimate of drug-likeness (QED) is 0.642. The van der Waals surface area contributed by atoms with Gasteiger partial charge in [0.05, 0.1) is 12.8 Å². The summed E-state index contributed by atoms with van der Waals surface area (Å²) in [4.78, 5) is 8.91. The number of guanidine groups is 1. The molecule has 1 saturated heterocycles. The van der Waals surface area contributed by atoms with Crippen LogP contribution in [0.25, 0.3) is 0 Å². The Morgan fingerprint density at radius 1 is 1.15 bits per heavy atom. The highest BCUT2D eigenvalue weighted by atomic mass is 16.5. The minimum atomic E-state index is 0.336. The first-order chi connectivity index (χ1) is 13.1. The molecule has 0 atom stereocenters. The Morgan fingerprint density at radius 2 is 1.89 bits per heavy atom. The van der Waals surface area contributed by atoms with Crippen LogP contribution in [0, 0.1) is 6.92 Å². The van der Waals surface area contributed by atoms with E-state index in [1.54, 1.807) is 13.2 Å². The maximum absolute atomic E-state index is 10.1. The summed E-state index contributed by atoms with van der Waals surface area (Å²) in [6, 6.07) is 13.7. The van der Waals surface area contributed by atoms with Gasteiger partial charge in [0.1, 0.15) is 11.5 Å². The average molecular weight is 368 g/mol. The Hall–Kier alpha value is -2.89. The van der Waals surface area contributed by atoms with Crippen LogP contribution in [0.1, 0.15) is 11.1 Å². The number of phenols is 1. The van der Waals surface area contributed by atoms with E-state index in [1.165, 1.54) is 5.56 Å². The number of piperazine rings is 1.